The van der Waals surface area contributed by atoms with Crippen LogP contribution in [0, 0.1) is 0 Å². The van der Waals surface area contributed by atoms with E-state index in [2.05, 4.69) is 11.4 Å². The third-order valence-electron chi connectivity index (χ3n) is 4.00. The zero-order valence-electron chi connectivity index (χ0n) is 12.7. The Kier molecular flexibility index (Phi) is 5.09. The van der Waals surface area contributed by atoms with E-state index in [0.29, 0.717) is 23.0 Å². The van der Waals surface area contributed by atoms with E-state index in [1.807, 2.05) is 29.2 Å². The highest BCUT2D eigenvalue weighted by molar-refractivity contribution is 6.36. The van der Waals surface area contributed by atoms with Crippen LogP contribution in [0.2, 0.25) is 10.0 Å². The van der Waals surface area contributed by atoms with Crippen molar-refractivity contribution in [3.63, 3.8) is 0 Å². The van der Waals surface area contributed by atoms with Gasteiger partial charge >= 0.3 is 0 Å². The van der Waals surface area contributed by atoms with Gasteiger partial charge in [0.25, 0.3) is 0 Å². The zero-order valence-corrected chi connectivity index (χ0v) is 14.2. The highest BCUT2D eigenvalue weighted by Crippen LogP contribution is 2.28. The smallest absolute Gasteiger partial charge is 0.228 e. The minimum atomic E-state index is 0.134. The molecule has 1 amide bonds. The van der Waals surface area contributed by atoms with Gasteiger partial charge in [0.15, 0.2) is 0 Å². The monoisotopic (exact) mass is 348 g/mol. The van der Waals surface area contributed by atoms with Crippen molar-refractivity contribution in [2.24, 2.45) is 0 Å². The molecule has 1 aliphatic rings. The average Bonchev–Trinajstić information content (AvgIpc) is 2.56. The Morgan fingerprint density at radius 1 is 1.17 bits per heavy atom. The standard InChI is InChI=1S/C18H18Cl2N2O/c19-14-7-8-16(15(20)12-14)21-10-9-18(23)22-11-3-5-13-4-1-2-6-17(13)22/h1-2,4,6-8,12,21H,3,5,9-11H2. The van der Waals surface area contributed by atoms with Gasteiger partial charge in [0.1, 0.15) is 0 Å². The minimum absolute atomic E-state index is 0.134. The lowest BCUT2D eigenvalue weighted by Crippen LogP contribution is -2.36. The summed E-state index contributed by atoms with van der Waals surface area (Å²) < 4.78 is 0. The molecule has 0 saturated carbocycles. The van der Waals surface area contributed by atoms with Gasteiger partial charge in [0.05, 0.1) is 10.7 Å². The van der Waals surface area contributed by atoms with Crippen LogP contribution in [0.4, 0.5) is 11.4 Å². The van der Waals surface area contributed by atoms with Crippen molar-refractivity contribution in [3.8, 4) is 0 Å². The van der Waals surface area contributed by atoms with E-state index in [1.165, 1.54) is 5.56 Å². The van der Waals surface area contributed by atoms with Crippen LogP contribution in [0.25, 0.3) is 0 Å². The van der Waals surface area contributed by atoms with Gasteiger partial charge in [0.2, 0.25) is 5.91 Å². The van der Waals surface area contributed by atoms with Crippen LogP contribution in [0.3, 0.4) is 0 Å². The second-order valence-electron chi connectivity index (χ2n) is 5.58. The molecule has 0 saturated heterocycles. The van der Waals surface area contributed by atoms with Crippen LogP contribution in [0.5, 0.6) is 0 Å². The van der Waals surface area contributed by atoms with Gasteiger partial charge in [-0.2, -0.15) is 0 Å². The van der Waals surface area contributed by atoms with Crippen molar-refractivity contribution in [2.45, 2.75) is 19.3 Å². The first-order valence-electron chi connectivity index (χ1n) is 7.72. The fourth-order valence-corrected chi connectivity index (χ4v) is 3.34. The van der Waals surface area contributed by atoms with Crippen LogP contribution in [-0.4, -0.2) is 19.0 Å². The normalized spacial score (nSPS) is 13.6. The van der Waals surface area contributed by atoms with Crippen LogP contribution >= 0.6 is 23.2 Å². The van der Waals surface area contributed by atoms with Crippen molar-refractivity contribution < 1.29 is 4.79 Å². The molecular weight excluding hydrogens is 331 g/mol. The van der Waals surface area contributed by atoms with E-state index in [1.54, 1.807) is 12.1 Å². The van der Waals surface area contributed by atoms with Crippen molar-refractivity contribution in [2.75, 3.05) is 23.3 Å². The predicted octanol–water partition coefficient (Wildman–Crippen LogP) is 4.77. The van der Waals surface area contributed by atoms with Crippen LogP contribution < -0.4 is 10.2 Å². The van der Waals surface area contributed by atoms with Crippen LogP contribution in [0.15, 0.2) is 42.5 Å². The first kappa shape index (κ1) is 16.2. The van der Waals surface area contributed by atoms with Crippen molar-refractivity contribution >= 4 is 40.5 Å². The fraction of sp³-hybridized carbons (Fsp3) is 0.278. The molecule has 0 fully saturated rings. The molecule has 0 spiro atoms. The summed E-state index contributed by atoms with van der Waals surface area (Å²) in [7, 11) is 0. The number of carbonyl (C=O) groups is 1. The molecule has 0 radical (unpaired) electrons. The topological polar surface area (TPSA) is 32.3 Å². The summed E-state index contributed by atoms with van der Waals surface area (Å²) in [6.07, 6.45) is 2.48. The molecule has 2 aromatic rings. The first-order valence-corrected chi connectivity index (χ1v) is 8.48. The SMILES string of the molecule is O=C(CCNc1ccc(Cl)cc1Cl)N1CCCc2ccccc21. The summed E-state index contributed by atoms with van der Waals surface area (Å²) in [4.78, 5) is 14.4. The zero-order chi connectivity index (χ0) is 16.2. The molecule has 23 heavy (non-hydrogen) atoms. The lowest BCUT2D eigenvalue weighted by Gasteiger charge is -2.29. The third-order valence-corrected chi connectivity index (χ3v) is 4.54. The summed E-state index contributed by atoms with van der Waals surface area (Å²) in [5.74, 6) is 0.134. The Morgan fingerprint density at radius 3 is 2.83 bits per heavy atom. The molecule has 1 N–H and O–H groups in total. The first-order chi connectivity index (χ1) is 11.1. The number of fused-ring (bicyclic) bond motifs is 1. The highest BCUT2D eigenvalue weighted by Gasteiger charge is 2.21. The molecule has 0 aromatic heterocycles. The van der Waals surface area contributed by atoms with E-state index in [9.17, 15) is 4.79 Å². The quantitative estimate of drug-likeness (QED) is 0.862. The number of benzene rings is 2. The van der Waals surface area contributed by atoms with Gasteiger partial charge in [0, 0.05) is 30.2 Å². The molecular formula is C18H18Cl2N2O. The second kappa shape index (κ2) is 7.24. The van der Waals surface area contributed by atoms with Gasteiger partial charge in [-0.3, -0.25) is 4.79 Å². The van der Waals surface area contributed by atoms with E-state index in [-0.39, 0.29) is 5.91 Å². The third kappa shape index (κ3) is 3.80. The number of carbonyl (C=O) groups excluding carboxylic acids is 1. The number of hydrogen-bond donors (Lipinski definition) is 1. The largest absolute Gasteiger partial charge is 0.383 e. The number of rotatable bonds is 4. The molecule has 1 heterocycles. The molecule has 0 bridgehead atoms. The number of amides is 1. The maximum absolute atomic E-state index is 12.5. The summed E-state index contributed by atoms with van der Waals surface area (Å²) in [6, 6.07) is 13.4. The number of nitrogens with one attached hydrogen (secondary N) is 1. The molecule has 3 nitrogen and oxygen atoms in total. The molecule has 3 rings (SSSR count). The number of para-hydroxylation sites is 1. The molecule has 2 aromatic carbocycles. The van der Waals surface area contributed by atoms with Gasteiger partial charge in [-0.1, -0.05) is 41.4 Å². The maximum Gasteiger partial charge on any atom is 0.228 e. The van der Waals surface area contributed by atoms with E-state index < -0.39 is 0 Å². The Labute approximate surface area is 146 Å². The van der Waals surface area contributed by atoms with Crippen LogP contribution in [-0.2, 0) is 11.2 Å². The Balaban J connectivity index is 1.60. The van der Waals surface area contributed by atoms with E-state index >= 15 is 0 Å². The molecule has 5 heteroatoms. The number of halogens is 2. The van der Waals surface area contributed by atoms with Crippen molar-refractivity contribution in [1.82, 2.24) is 0 Å². The summed E-state index contributed by atoms with van der Waals surface area (Å²) in [5, 5.41) is 4.36. The fourth-order valence-electron chi connectivity index (χ4n) is 2.86. The Bertz CT molecular complexity index is 718. The molecule has 120 valence electrons. The minimum Gasteiger partial charge on any atom is -0.383 e. The summed E-state index contributed by atoms with van der Waals surface area (Å²) in [5.41, 5.74) is 3.09. The Morgan fingerprint density at radius 2 is 2.00 bits per heavy atom. The van der Waals surface area contributed by atoms with Crippen molar-refractivity contribution in [3.05, 3.63) is 58.1 Å². The van der Waals surface area contributed by atoms with Crippen molar-refractivity contribution in [1.29, 1.82) is 0 Å². The highest BCUT2D eigenvalue weighted by atomic mass is 35.5. The van der Waals surface area contributed by atoms with E-state index in [4.69, 9.17) is 23.2 Å². The molecule has 0 aliphatic carbocycles. The summed E-state index contributed by atoms with van der Waals surface area (Å²) in [6.45, 7) is 1.33. The van der Waals surface area contributed by atoms with E-state index in [0.717, 1.165) is 30.8 Å². The van der Waals surface area contributed by atoms with Gasteiger partial charge in [-0.05, 0) is 42.7 Å². The lowest BCUT2D eigenvalue weighted by molar-refractivity contribution is -0.118. The molecule has 0 unspecified atom stereocenters. The number of anilines is 2. The van der Waals surface area contributed by atoms with Gasteiger partial charge < -0.3 is 10.2 Å². The Hall–Kier alpha value is -1.71. The molecule has 1 aliphatic heterocycles. The average molecular weight is 349 g/mol. The summed E-state index contributed by atoms with van der Waals surface area (Å²) >= 11 is 12.0. The number of aryl methyl sites for hydroxylation is 1. The van der Waals surface area contributed by atoms with Crippen LogP contribution in [0.1, 0.15) is 18.4 Å². The number of nitrogens with zero attached hydrogens (tertiary/aromatic N) is 1. The lowest BCUT2D eigenvalue weighted by atomic mass is 10.0. The van der Waals surface area contributed by atoms with Gasteiger partial charge in [-0.15, -0.1) is 0 Å². The maximum atomic E-state index is 12.5. The predicted molar refractivity (Wildman–Crippen MR) is 96.7 cm³/mol. The number of hydrogen-bond acceptors (Lipinski definition) is 2. The molecule has 0 atom stereocenters. The second-order valence-corrected chi connectivity index (χ2v) is 6.42. The van der Waals surface area contributed by atoms with Gasteiger partial charge in [-0.25, -0.2) is 0 Å².